The molecule has 2 atom stereocenters. The molecule has 6 heteroatoms. The zero-order chi connectivity index (χ0) is 13.1. The van der Waals surface area contributed by atoms with Gasteiger partial charge < -0.3 is 10.4 Å². The lowest BCUT2D eigenvalue weighted by molar-refractivity contribution is 0.0940. The van der Waals surface area contributed by atoms with Crippen molar-refractivity contribution >= 4 is 29.1 Å². The van der Waals surface area contributed by atoms with Crippen LogP contribution in [-0.4, -0.2) is 28.6 Å². The molecule has 1 aliphatic carbocycles. The summed E-state index contributed by atoms with van der Waals surface area (Å²) >= 11 is 11.6. The number of carbonyl (C=O) groups is 1. The summed E-state index contributed by atoms with van der Waals surface area (Å²) in [6.07, 6.45) is 2.23. The number of aliphatic hydroxyl groups excluding tert-OH is 1. The van der Waals surface area contributed by atoms with Crippen LogP contribution in [0.15, 0.2) is 12.1 Å². The molecule has 0 aliphatic heterocycles. The van der Waals surface area contributed by atoms with Crippen molar-refractivity contribution in [3.05, 3.63) is 28.0 Å². The maximum absolute atomic E-state index is 11.9. The van der Waals surface area contributed by atoms with Crippen LogP contribution < -0.4 is 5.32 Å². The molecule has 1 saturated carbocycles. The van der Waals surface area contributed by atoms with Crippen molar-refractivity contribution in [2.24, 2.45) is 5.92 Å². The van der Waals surface area contributed by atoms with Gasteiger partial charge >= 0.3 is 0 Å². The van der Waals surface area contributed by atoms with Gasteiger partial charge in [-0.15, -0.1) is 0 Å². The average Bonchev–Trinajstić information content (AvgIpc) is 2.75. The highest BCUT2D eigenvalue weighted by Gasteiger charge is 2.23. The molecule has 0 saturated heterocycles. The monoisotopic (exact) mass is 288 g/mol. The van der Waals surface area contributed by atoms with E-state index in [1.54, 1.807) is 6.07 Å². The van der Waals surface area contributed by atoms with Gasteiger partial charge in [-0.3, -0.25) is 4.79 Å². The molecule has 1 aromatic rings. The number of amides is 1. The van der Waals surface area contributed by atoms with E-state index in [1.165, 1.54) is 6.07 Å². The van der Waals surface area contributed by atoms with Crippen molar-refractivity contribution in [3.8, 4) is 0 Å². The second-order valence-corrected chi connectivity index (χ2v) is 5.30. The Bertz CT molecular complexity index is 454. The fourth-order valence-electron chi connectivity index (χ4n) is 2.13. The van der Waals surface area contributed by atoms with E-state index in [4.69, 9.17) is 23.2 Å². The smallest absolute Gasteiger partial charge is 0.271 e. The third-order valence-electron chi connectivity index (χ3n) is 3.09. The summed E-state index contributed by atoms with van der Waals surface area (Å²) in [7, 11) is 0. The molecular formula is C12H14Cl2N2O2. The number of carbonyl (C=O) groups excluding carboxylic acids is 1. The lowest BCUT2D eigenvalue weighted by atomic mass is 10.1. The molecule has 18 heavy (non-hydrogen) atoms. The molecule has 1 heterocycles. The number of halogens is 2. The SMILES string of the molecule is O=C(NCC1CCC(O)C1)c1nc(Cl)ccc1Cl. The summed E-state index contributed by atoms with van der Waals surface area (Å²) < 4.78 is 0. The average molecular weight is 289 g/mol. The number of hydrogen-bond acceptors (Lipinski definition) is 3. The Morgan fingerprint density at radius 3 is 2.89 bits per heavy atom. The van der Waals surface area contributed by atoms with E-state index in [0.29, 0.717) is 12.5 Å². The van der Waals surface area contributed by atoms with Crippen LogP contribution in [0.2, 0.25) is 10.2 Å². The van der Waals surface area contributed by atoms with Crippen molar-refractivity contribution in [1.82, 2.24) is 10.3 Å². The summed E-state index contributed by atoms with van der Waals surface area (Å²) in [5.41, 5.74) is 0.141. The molecule has 1 amide bonds. The van der Waals surface area contributed by atoms with Crippen molar-refractivity contribution < 1.29 is 9.90 Å². The molecule has 2 unspecified atom stereocenters. The van der Waals surface area contributed by atoms with E-state index in [1.807, 2.05) is 0 Å². The van der Waals surface area contributed by atoms with Crippen LogP contribution in [0.3, 0.4) is 0 Å². The lowest BCUT2D eigenvalue weighted by Crippen LogP contribution is -2.29. The minimum atomic E-state index is -0.330. The number of aromatic nitrogens is 1. The predicted octanol–water partition coefficient (Wildman–Crippen LogP) is 2.28. The van der Waals surface area contributed by atoms with Gasteiger partial charge in [-0.2, -0.15) is 0 Å². The van der Waals surface area contributed by atoms with E-state index in [0.717, 1.165) is 19.3 Å². The highest BCUT2D eigenvalue weighted by atomic mass is 35.5. The quantitative estimate of drug-likeness (QED) is 0.839. The number of pyridine rings is 1. The van der Waals surface area contributed by atoms with Crippen LogP contribution in [0.5, 0.6) is 0 Å². The molecule has 98 valence electrons. The van der Waals surface area contributed by atoms with E-state index in [9.17, 15) is 9.90 Å². The van der Waals surface area contributed by atoms with Crippen LogP contribution in [0.1, 0.15) is 29.8 Å². The fraction of sp³-hybridized carbons (Fsp3) is 0.500. The largest absolute Gasteiger partial charge is 0.393 e. The van der Waals surface area contributed by atoms with Gasteiger partial charge in [0.2, 0.25) is 0 Å². The molecule has 2 rings (SSSR count). The molecule has 4 nitrogen and oxygen atoms in total. The summed E-state index contributed by atoms with van der Waals surface area (Å²) in [4.78, 5) is 15.8. The van der Waals surface area contributed by atoms with E-state index in [2.05, 4.69) is 10.3 Å². The molecule has 0 radical (unpaired) electrons. The summed E-state index contributed by atoms with van der Waals surface area (Å²) in [6.45, 7) is 0.528. The third-order valence-corrected chi connectivity index (χ3v) is 3.61. The number of hydrogen-bond donors (Lipinski definition) is 2. The lowest BCUT2D eigenvalue weighted by Gasteiger charge is -2.11. The Morgan fingerprint density at radius 1 is 1.44 bits per heavy atom. The summed E-state index contributed by atoms with van der Waals surface area (Å²) in [5.74, 6) is -0.00852. The Balaban J connectivity index is 1.93. The molecule has 1 aromatic heterocycles. The van der Waals surface area contributed by atoms with Crippen LogP contribution in [-0.2, 0) is 0 Å². The Hall–Kier alpha value is -0.840. The van der Waals surface area contributed by atoms with E-state index < -0.39 is 0 Å². The zero-order valence-electron chi connectivity index (χ0n) is 9.70. The van der Waals surface area contributed by atoms with Crippen LogP contribution in [0, 0.1) is 5.92 Å². The van der Waals surface area contributed by atoms with Crippen molar-refractivity contribution in [1.29, 1.82) is 0 Å². The molecular weight excluding hydrogens is 275 g/mol. The maximum Gasteiger partial charge on any atom is 0.271 e. The fourth-order valence-corrected chi connectivity index (χ4v) is 2.47. The Morgan fingerprint density at radius 2 is 2.22 bits per heavy atom. The highest BCUT2D eigenvalue weighted by molar-refractivity contribution is 6.34. The zero-order valence-corrected chi connectivity index (χ0v) is 11.2. The minimum absolute atomic E-state index is 0.141. The van der Waals surface area contributed by atoms with E-state index in [-0.39, 0.29) is 27.9 Å². The van der Waals surface area contributed by atoms with Gasteiger partial charge in [0.1, 0.15) is 10.8 Å². The van der Waals surface area contributed by atoms with Crippen LogP contribution >= 0.6 is 23.2 Å². The van der Waals surface area contributed by atoms with Crippen LogP contribution in [0.4, 0.5) is 0 Å². The second-order valence-electron chi connectivity index (χ2n) is 4.51. The summed E-state index contributed by atoms with van der Waals surface area (Å²) in [5, 5.41) is 12.7. The first kappa shape index (κ1) is 13.6. The topological polar surface area (TPSA) is 62.2 Å². The van der Waals surface area contributed by atoms with Gasteiger partial charge in [0.25, 0.3) is 5.91 Å². The molecule has 2 N–H and O–H groups in total. The normalized spacial score (nSPS) is 23.1. The molecule has 1 fully saturated rings. The third kappa shape index (κ3) is 3.34. The van der Waals surface area contributed by atoms with Gasteiger partial charge in [-0.25, -0.2) is 4.98 Å². The molecule has 0 spiro atoms. The Kier molecular flexibility index (Phi) is 4.43. The number of nitrogens with one attached hydrogen (secondary N) is 1. The predicted molar refractivity (Wildman–Crippen MR) is 69.9 cm³/mol. The first-order valence-electron chi connectivity index (χ1n) is 5.84. The second kappa shape index (κ2) is 5.87. The number of nitrogens with zero attached hydrogens (tertiary/aromatic N) is 1. The standard InChI is InChI=1S/C12H14Cl2N2O2/c13-9-3-4-10(14)16-11(9)12(18)15-6-7-1-2-8(17)5-7/h3-4,7-8,17H,1-2,5-6H2,(H,15,18). The van der Waals surface area contributed by atoms with Gasteiger partial charge in [-0.1, -0.05) is 23.2 Å². The number of rotatable bonds is 3. The molecule has 0 aromatic carbocycles. The van der Waals surface area contributed by atoms with Crippen molar-refractivity contribution in [3.63, 3.8) is 0 Å². The van der Waals surface area contributed by atoms with E-state index >= 15 is 0 Å². The van der Waals surface area contributed by atoms with Gasteiger partial charge in [0, 0.05) is 6.54 Å². The minimum Gasteiger partial charge on any atom is -0.393 e. The first-order chi connectivity index (χ1) is 8.56. The molecule has 1 aliphatic rings. The number of aliphatic hydroxyl groups is 1. The van der Waals surface area contributed by atoms with Crippen molar-refractivity contribution in [2.45, 2.75) is 25.4 Å². The maximum atomic E-state index is 11.9. The summed E-state index contributed by atoms with van der Waals surface area (Å²) in [6, 6.07) is 3.08. The van der Waals surface area contributed by atoms with Crippen molar-refractivity contribution in [2.75, 3.05) is 6.54 Å². The molecule has 0 bridgehead atoms. The van der Waals surface area contributed by atoms with Gasteiger partial charge in [-0.05, 0) is 37.3 Å². The Labute approximate surface area is 115 Å². The van der Waals surface area contributed by atoms with Gasteiger partial charge in [0.05, 0.1) is 11.1 Å². The first-order valence-corrected chi connectivity index (χ1v) is 6.60. The van der Waals surface area contributed by atoms with Crippen LogP contribution in [0.25, 0.3) is 0 Å². The highest BCUT2D eigenvalue weighted by Crippen LogP contribution is 2.24. The van der Waals surface area contributed by atoms with Gasteiger partial charge in [0.15, 0.2) is 0 Å².